The first-order chi connectivity index (χ1) is 20.3. The molecule has 0 saturated heterocycles. The van der Waals surface area contributed by atoms with E-state index in [-0.39, 0.29) is 23.6 Å². The number of amides is 1. The van der Waals surface area contributed by atoms with Gasteiger partial charge >= 0.3 is 5.97 Å². The average molecular weight is 571 g/mol. The van der Waals surface area contributed by atoms with Crippen LogP contribution in [0.4, 0.5) is 10.1 Å². The summed E-state index contributed by atoms with van der Waals surface area (Å²) in [6.45, 7) is 4.56. The minimum atomic E-state index is -0.590. The van der Waals surface area contributed by atoms with Gasteiger partial charge in [-0.1, -0.05) is 68.8 Å². The summed E-state index contributed by atoms with van der Waals surface area (Å²) >= 11 is 0. The Hall–Kier alpha value is -4.23. The first kappa shape index (κ1) is 30.7. The van der Waals surface area contributed by atoms with Gasteiger partial charge in [-0.25, -0.2) is 4.39 Å². The van der Waals surface area contributed by atoms with Crippen LogP contribution in [0.2, 0.25) is 0 Å². The monoisotopic (exact) mass is 570 g/mol. The molecular weight excluding hydrogens is 531 g/mol. The number of nitrogens with zero attached hydrogens (tertiary/aromatic N) is 1. The third-order valence-corrected chi connectivity index (χ3v) is 7.37. The Morgan fingerprint density at radius 3 is 2.14 bits per heavy atom. The molecule has 0 saturated carbocycles. The molecule has 1 aromatic heterocycles. The standard InChI is InChI=1S/C35H39FN2O4/c1-24(2)33-32(35(41)37-28-14-8-5-9-15-28)31(25-12-6-4-7-13-25)34(26-18-20-27(36)21-19-26)38(33)23-22-29(39)16-10-11-17-30(40)42-3/h4-9,12-15,18-21,24,29,39H,10-11,16-17,22-23H2,1-3H3,(H,37,41)/t29-/m0/s1. The van der Waals surface area contributed by atoms with Gasteiger partial charge < -0.3 is 19.7 Å². The van der Waals surface area contributed by atoms with E-state index in [1.807, 2.05) is 60.7 Å². The number of esters is 1. The zero-order valence-corrected chi connectivity index (χ0v) is 24.5. The van der Waals surface area contributed by atoms with Gasteiger partial charge in [-0.15, -0.1) is 0 Å². The molecule has 42 heavy (non-hydrogen) atoms. The Bertz CT molecular complexity index is 1460. The van der Waals surface area contributed by atoms with Gasteiger partial charge in [0.15, 0.2) is 0 Å². The van der Waals surface area contributed by atoms with Crippen LogP contribution in [0.3, 0.4) is 0 Å². The summed E-state index contributed by atoms with van der Waals surface area (Å²) in [4.78, 5) is 25.5. The summed E-state index contributed by atoms with van der Waals surface area (Å²) in [7, 11) is 1.37. The highest BCUT2D eigenvalue weighted by molar-refractivity contribution is 6.12. The zero-order chi connectivity index (χ0) is 30.1. The lowest BCUT2D eigenvalue weighted by Gasteiger charge is -2.19. The lowest BCUT2D eigenvalue weighted by molar-refractivity contribution is -0.140. The third kappa shape index (κ3) is 7.53. The number of benzene rings is 3. The number of aromatic nitrogens is 1. The number of halogens is 1. The second-order valence-electron chi connectivity index (χ2n) is 10.7. The minimum absolute atomic E-state index is 0.0321. The number of unbranched alkanes of at least 4 members (excludes halogenated alkanes) is 1. The van der Waals surface area contributed by atoms with Crippen LogP contribution in [0.1, 0.15) is 67.9 Å². The van der Waals surface area contributed by atoms with Crippen molar-refractivity contribution in [2.75, 3.05) is 12.4 Å². The molecule has 7 heteroatoms. The molecule has 0 fully saturated rings. The lowest BCUT2D eigenvalue weighted by atomic mass is 9.94. The number of carbonyl (C=O) groups is 2. The van der Waals surface area contributed by atoms with Gasteiger partial charge in [0.05, 0.1) is 24.5 Å². The summed E-state index contributed by atoms with van der Waals surface area (Å²) in [5, 5.41) is 14.0. The molecule has 3 aromatic carbocycles. The van der Waals surface area contributed by atoms with Gasteiger partial charge in [-0.2, -0.15) is 0 Å². The SMILES string of the molecule is COC(=O)CCCC[C@H](O)CCn1c(-c2ccc(F)cc2)c(-c2ccccc2)c(C(=O)Nc2ccccc2)c1C(C)C. The number of aliphatic hydroxyl groups excluding tert-OH is 1. The molecule has 0 aliphatic carbocycles. The molecule has 220 valence electrons. The Labute approximate surface area is 247 Å². The molecule has 0 bridgehead atoms. The molecule has 6 nitrogen and oxygen atoms in total. The van der Waals surface area contributed by atoms with Crippen LogP contribution < -0.4 is 5.32 Å². The van der Waals surface area contributed by atoms with Gasteiger partial charge in [0, 0.05) is 29.9 Å². The zero-order valence-electron chi connectivity index (χ0n) is 24.5. The van der Waals surface area contributed by atoms with Crippen LogP contribution >= 0.6 is 0 Å². The molecule has 4 rings (SSSR count). The van der Waals surface area contributed by atoms with Crippen molar-refractivity contribution in [2.24, 2.45) is 0 Å². The summed E-state index contributed by atoms with van der Waals surface area (Å²) in [5.41, 5.74) is 5.33. The fourth-order valence-corrected chi connectivity index (χ4v) is 5.38. The summed E-state index contributed by atoms with van der Waals surface area (Å²) < 4.78 is 20.9. The van der Waals surface area contributed by atoms with Crippen LogP contribution in [0.25, 0.3) is 22.4 Å². The molecule has 0 aliphatic rings. The number of aliphatic hydroxyl groups is 1. The Kier molecular flexibility index (Phi) is 10.7. The van der Waals surface area contributed by atoms with Crippen LogP contribution in [-0.4, -0.2) is 34.8 Å². The van der Waals surface area contributed by atoms with E-state index in [1.165, 1.54) is 19.2 Å². The van der Waals surface area contributed by atoms with Gasteiger partial charge in [-0.05, 0) is 72.7 Å². The molecule has 1 heterocycles. The van der Waals surface area contributed by atoms with Crippen molar-refractivity contribution in [2.45, 2.75) is 64.5 Å². The molecule has 2 N–H and O–H groups in total. The number of rotatable bonds is 13. The molecule has 0 spiro atoms. The summed E-state index contributed by atoms with van der Waals surface area (Å²) in [6.07, 6.45) is 2.08. The third-order valence-electron chi connectivity index (χ3n) is 7.37. The number of nitrogens with one attached hydrogen (secondary N) is 1. The number of ether oxygens (including phenoxy) is 1. The van der Waals surface area contributed by atoms with Crippen LogP contribution in [0.15, 0.2) is 84.9 Å². The Morgan fingerprint density at radius 1 is 0.881 bits per heavy atom. The van der Waals surface area contributed by atoms with Crippen molar-refractivity contribution in [3.8, 4) is 22.4 Å². The van der Waals surface area contributed by atoms with E-state index in [1.54, 1.807) is 12.1 Å². The molecule has 1 atom stereocenters. The van der Waals surface area contributed by atoms with Gasteiger partial charge in [0.2, 0.25) is 0 Å². The van der Waals surface area contributed by atoms with E-state index >= 15 is 0 Å². The average Bonchev–Trinajstić information content (AvgIpc) is 3.35. The number of anilines is 1. The number of hydrogen-bond acceptors (Lipinski definition) is 4. The molecular formula is C35H39FN2O4. The van der Waals surface area contributed by atoms with Crippen LogP contribution in [0.5, 0.6) is 0 Å². The van der Waals surface area contributed by atoms with Crippen molar-refractivity contribution in [3.63, 3.8) is 0 Å². The van der Waals surface area contributed by atoms with Crippen molar-refractivity contribution >= 4 is 17.6 Å². The van der Waals surface area contributed by atoms with Crippen molar-refractivity contribution in [3.05, 3.63) is 102 Å². The summed E-state index contributed by atoms with van der Waals surface area (Å²) in [6, 6.07) is 25.4. The minimum Gasteiger partial charge on any atom is -0.469 e. The lowest BCUT2D eigenvalue weighted by Crippen LogP contribution is -2.18. The number of methoxy groups -OCH3 is 1. The van der Waals surface area contributed by atoms with Crippen molar-refractivity contribution < 1.29 is 23.8 Å². The molecule has 4 aromatic rings. The van der Waals surface area contributed by atoms with Crippen molar-refractivity contribution in [1.82, 2.24) is 4.57 Å². The van der Waals surface area contributed by atoms with Crippen molar-refractivity contribution in [1.29, 1.82) is 0 Å². The Balaban J connectivity index is 1.81. The number of carbonyl (C=O) groups excluding carboxylic acids is 2. The highest BCUT2D eigenvalue weighted by Gasteiger charge is 2.30. The van der Waals surface area contributed by atoms with Gasteiger partial charge in [-0.3, -0.25) is 9.59 Å². The summed E-state index contributed by atoms with van der Waals surface area (Å²) in [5.74, 6) is -0.853. The predicted molar refractivity (Wildman–Crippen MR) is 165 cm³/mol. The van der Waals surface area contributed by atoms with E-state index in [4.69, 9.17) is 4.74 Å². The predicted octanol–water partition coefficient (Wildman–Crippen LogP) is 7.82. The first-order valence-corrected chi connectivity index (χ1v) is 14.5. The van der Waals surface area contributed by atoms with Crippen LogP contribution in [-0.2, 0) is 16.1 Å². The maximum Gasteiger partial charge on any atom is 0.305 e. The topological polar surface area (TPSA) is 80.6 Å². The molecule has 0 radical (unpaired) electrons. The normalized spacial score (nSPS) is 11.9. The molecule has 1 amide bonds. The number of para-hydroxylation sites is 1. The highest BCUT2D eigenvalue weighted by atomic mass is 19.1. The molecule has 0 unspecified atom stereocenters. The van der Waals surface area contributed by atoms with Gasteiger partial charge in [0.1, 0.15) is 5.82 Å². The maximum absolute atomic E-state index is 14.1. The van der Waals surface area contributed by atoms with E-state index in [0.29, 0.717) is 49.9 Å². The number of hydrogen-bond donors (Lipinski definition) is 2. The second kappa shape index (κ2) is 14.6. The highest BCUT2D eigenvalue weighted by Crippen LogP contribution is 2.42. The fraction of sp³-hybridized carbons (Fsp3) is 0.314. The Morgan fingerprint density at radius 2 is 1.52 bits per heavy atom. The first-order valence-electron chi connectivity index (χ1n) is 14.5. The largest absolute Gasteiger partial charge is 0.469 e. The van der Waals surface area contributed by atoms with E-state index < -0.39 is 6.10 Å². The van der Waals surface area contributed by atoms with Crippen LogP contribution in [0, 0.1) is 5.82 Å². The smallest absolute Gasteiger partial charge is 0.305 e. The quantitative estimate of drug-likeness (QED) is 0.127. The van der Waals surface area contributed by atoms with E-state index in [2.05, 4.69) is 23.7 Å². The van der Waals surface area contributed by atoms with E-state index in [9.17, 15) is 19.1 Å². The van der Waals surface area contributed by atoms with Gasteiger partial charge in [0.25, 0.3) is 5.91 Å². The van der Waals surface area contributed by atoms with E-state index in [0.717, 1.165) is 28.1 Å². The maximum atomic E-state index is 14.1. The second-order valence-corrected chi connectivity index (χ2v) is 10.7. The molecule has 0 aliphatic heterocycles. The fourth-order valence-electron chi connectivity index (χ4n) is 5.38.